The summed E-state index contributed by atoms with van der Waals surface area (Å²) in [5, 5.41) is 4.83. The second kappa shape index (κ2) is 6.22. The van der Waals surface area contributed by atoms with Gasteiger partial charge < -0.3 is 10.2 Å². The van der Waals surface area contributed by atoms with Gasteiger partial charge in [-0.1, -0.05) is 6.92 Å². The van der Waals surface area contributed by atoms with E-state index in [1.54, 1.807) is 11.3 Å². The van der Waals surface area contributed by atoms with Gasteiger partial charge in [0.25, 0.3) is 0 Å². The average molecular weight is 293 g/mol. The molecule has 2 heterocycles. The van der Waals surface area contributed by atoms with Gasteiger partial charge in [-0.2, -0.15) is 0 Å². The molecule has 20 heavy (non-hydrogen) atoms. The SMILES string of the molecule is CCc1ncc(CNC2CCN(C(=O)C3CC3)CC2)s1. The van der Waals surface area contributed by atoms with Crippen molar-refractivity contribution < 1.29 is 4.79 Å². The first-order valence-corrected chi connectivity index (χ1v) is 8.53. The van der Waals surface area contributed by atoms with Gasteiger partial charge in [-0.3, -0.25) is 4.79 Å². The number of nitrogens with zero attached hydrogens (tertiary/aromatic N) is 2. The molecule has 1 aromatic heterocycles. The highest BCUT2D eigenvalue weighted by molar-refractivity contribution is 7.11. The molecule has 0 atom stereocenters. The number of amides is 1. The number of likely N-dealkylation sites (tertiary alicyclic amines) is 1. The van der Waals surface area contributed by atoms with Crippen molar-refractivity contribution in [1.29, 1.82) is 0 Å². The van der Waals surface area contributed by atoms with E-state index in [2.05, 4.69) is 22.1 Å². The van der Waals surface area contributed by atoms with Crippen LogP contribution in [0.5, 0.6) is 0 Å². The maximum absolute atomic E-state index is 12.0. The third-order valence-electron chi connectivity index (χ3n) is 4.20. The van der Waals surface area contributed by atoms with Crippen molar-refractivity contribution in [3.8, 4) is 0 Å². The van der Waals surface area contributed by atoms with Crippen LogP contribution in [0.1, 0.15) is 42.5 Å². The van der Waals surface area contributed by atoms with Crippen molar-refractivity contribution in [3.05, 3.63) is 16.1 Å². The summed E-state index contributed by atoms with van der Waals surface area (Å²) in [6.45, 7) is 4.91. The molecule has 1 aliphatic heterocycles. The number of nitrogens with one attached hydrogen (secondary N) is 1. The largest absolute Gasteiger partial charge is 0.342 e. The zero-order valence-corrected chi connectivity index (χ0v) is 12.9. The summed E-state index contributed by atoms with van der Waals surface area (Å²) in [5.41, 5.74) is 0. The number of carbonyl (C=O) groups excluding carboxylic acids is 1. The minimum Gasteiger partial charge on any atom is -0.342 e. The molecule has 1 amide bonds. The molecule has 110 valence electrons. The number of piperidine rings is 1. The molecule has 1 aliphatic carbocycles. The van der Waals surface area contributed by atoms with Crippen LogP contribution in [-0.4, -0.2) is 34.9 Å². The van der Waals surface area contributed by atoms with E-state index >= 15 is 0 Å². The maximum Gasteiger partial charge on any atom is 0.225 e. The van der Waals surface area contributed by atoms with E-state index in [-0.39, 0.29) is 0 Å². The van der Waals surface area contributed by atoms with Crippen LogP contribution in [0, 0.1) is 5.92 Å². The average Bonchev–Trinajstić information content (AvgIpc) is 3.24. The van der Waals surface area contributed by atoms with Gasteiger partial charge in [0.05, 0.1) is 5.01 Å². The summed E-state index contributed by atoms with van der Waals surface area (Å²) in [6, 6.07) is 0.547. The van der Waals surface area contributed by atoms with E-state index in [1.807, 2.05) is 6.20 Å². The van der Waals surface area contributed by atoms with E-state index in [0.717, 1.165) is 51.7 Å². The Morgan fingerprint density at radius 2 is 2.15 bits per heavy atom. The Morgan fingerprint density at radius 3 is 2.75 bits per heavy atom. The normalized spacial score (nSPS) is 20.4. The molecule has 1 aromatic rings. The Morgan fingerprint density at radius 1 is 1.40 bits per heavy atom. The monoisotopic (exact) mass is 293 g/mol. The summed E-state index contributed by atoms with van der Waals surface area (Å²) < 4.78 is 0. The second-order valence-corrected chi connectivity index (χ2v) is 7.03. The standard InChI is InChI=1S/C15H23N3OS/c1-2-14-17-10-13(20-14)9-16-12-5-7-18(8-6-12)15(19)11-3-4-11/h10-12,16H,2-9H2,1H3. The van der Waals surface area contributed by atoms with Crippen LogP contribution < -0.4 is 5.32 Å². The van der Waals surface area contributed by atoms with Crippen LogP contribution in [0.25, 0.3) is 0 Å². The van der Waals surface area contributed by atoms with Gasteiger partial charge in [-0.05, 0) is 32.1 Å². The molecule has 0 unspecified atom stereocenters. The minimum absolute atomic E-state index is 0.365. The first kappa shape index (κ1) is 14.0. The number of rotatable bonds is 5. The summed E-state index contributed by atoms with van der Waals surface area (Å²) in [7, 11) is 0. The molecular weight excluding hydrogens is 270 g/mol. The molecule has 1 N–H and O–H groups in total. The van der Waals surface area contributed by atoms with Crippen LogP contribution in [0.4, 0.5) is 0 Å². The lowest BCUT2D eigenvalue weighted by molar-refractivity contribution is -0.133. The van der Waals surface area contributed by atoms with Gasteiger partial charge in [-0.25, -0.2) is 4.98 Å². The van der Waals surface area contributed by atoms with Crippen LogP contribution in [-0.2, 0) is 17.8 Å². The first-order chi connectivity index (χ1) is 9.76. The van der Waals surface area contributed by atoms with Gasteiger partial charge in [0.15, 0.2) is 0 Å². The lowest BCUT2D eigenvalue weighted by atomic mass is 10.0. The summed E-state index contributed by atoms with van der Waals surface area (Å²) in [4.78, 5) is 19.8. The Hall–Kier alpha value is -0.940. The number of aryl methyl sites for hydroxylation is 1. The number of carbonyl (C=O) groups is 1. The van der Waals surface area contributed by atoms with Crippen LogP contribution in [0.15, 0.2) is 6.20 Å². The van der Waals surface area contributed by atoms with Crippen molar-refractivity contribution in [1.82, 2.24) is 15.2 Å². The molecule has 0 spiro atoms. The Bertz CT molecular complexity index is 461. The zero-order chi connectivity index (χ0) is 13.9. The topological polar surface area (TPSA) is 45.2 Å². The first-order valence-electron chi connectivity index (χ1n) is 7.72. The summed E-state index contributed by atoms with van der Waals surface area (Å²) >= 11 is 1.80. The molecule has 4 nitrogen and oxygen atoms in total. The molecular formula is C15H23N3OS. The molecule has 0 radical (unpaired) electrons. The second-order valence-electron chi connectivity index (χ2n) is 5.83. The Kier molecular flexibility index (Phi) is 4.36. The highest BCUT2D eigenvalue weighted by Crippen LogP contribution is 2.31. The fourth-order valence-corrected chi connectivity index (χ4v) is 3.54. The quantitative estimate of drug-likeness (QED) is 0.905. The third kappa shape index (κ3) is 3.38. The fraction of sp³-hybridized carbons (Fsp3) is 0.733. The lowest BCUT2D eigenvalue weighted by Gasteiger charge is -2.32. The van der Waals surface area contributed by atoms with Gasteiger partial charge >= 0.3 is 0 Å². The number of thiazole rings is 1. The Labute approximate surface area is 124 Å². The predicted molar refractivity (Wildman–Crippen MR) is 80.7 cm³/mol. The van der Waals surface area contributed by atoms with Gasteiger partial charge in [0.1, 0.15) is 0 Å². The number of aromatic nitrogens is 1. The molecule has 0 bridgehead atoms. The smallest absolute Gasteiger partial charge is 0.225 e. The Balaban J connectivity index is 1.40. The third-order valence-corrected chi connectivity index (χ3v) is 5.34. The van der Waals surface area contributed by atoms with Gasteiger partial charge in [0.2, 0.25) is 5.91 Å². The molecule has 3 rings (SSSR count). The van der Waals surface area contributed by atoms with E-state index < -0.39 is 0 Å². The zero-order valence-electron chi connectivity index (χ0n) is 12.1. The molecule has 0 aromatic carbocycles. The highest BCUT2D eigenvalue weighted by atomic mass is 32.1. The lowest BCUT2D eigenvalue weighted by Crippen LogP contribution is -2.45. The summed E-state index contributed by atoms with van der Waals surface area (Å²) in [6.07, 6.45) is 7.40. The molecule has 2 fully saturated rings. The van der Waals surface area contributed by atoms with Gasteiger partial charge in [0, 0.05) is 42.7 Å². The van der Waals surface area contributed by atoms with Crippen molar-refractivity contribution in [2.45, 2.75) is 51.6 Å². The van der Waals surface area contributed by atoms with Crippen molar-refractivity contribution in [3.63, 3.8) is 0 Å². The maximum atomic E-state index is 12.0. The van der Waals surface area contributed by atoms with Crippen molar-refractivity contribution >= 4 is 17.2 Å². The highest BCUT2D eigenvalue weighted by Gasteiger charge is 2.34. The summed E-state index contributed by atoms with van der Waals surface area (Å²) in [5.74, 6) is 0.766. The molecule has 1 saturated heterocycles. The molecule has 1 saturated carbocycles. The van der Waals surface area contributed by atoms with Crippen molar-refractivity contribution in [2.24, 2.45) is 5.92 Å². The van der Waals surface area contributed by atoms with Crippen LogP contribution in [0.3, 0.4) is 0 Å². The number of hydrogen-bond acceptors (Lipinski definition) is 4. The van der Waals surface area contributed by atoms with E-state index in [9.17, 15) is 4.79 Å². The predicted octanol–water partition coefficient (Wildman–Crippen LogP) is 2.20. The van der Waals surface area contributed by atoms with Crippen molar-refractivity contribution in [2.75, 3.05) is 13.1 Å². The van der Waals surface area contributed by atoms with E-state index in [4.69, 9.17) is 0 Å². The van der Waals surface area contributed by atoms with Gasteiger partial charge in [-0.15, -0.1) is 11.3 Å². The van der Waals surface area contributed by atoms with E-state index in [0.29, 0.717) is 17.9 Å². The minimum atomic E-state index is 0.365. The molecule has 5 heteroatoms. The van der Waals surface area contributed by atoms with Crippen LogP contribution in [0.2, 0.25) is 0 Å². The number of hydrogen-bond donors (Lipinski definition) is 1. The fourth-order valence-electron chi connectivity index (χ4n) is 2.73. The van der Waals surface area contributed by atoms with Crippen LogP contribution >= 0.6 is 11.3 Å². The van der Waals surface area contributed by atoms with E-state index in [1.165, 1.54) is 9.88 Å². The molecule has 2 aliphatic rings.